The molecule has 0 bridgehead atoms. The maximum absolute atomic E-state index is 15.0. The van der Waals surface area contributed by atoms with E-state index in [1.54, 1.807) is 9.80 Å². The SMILES string of the molecule is CC[C@]12C=CCN(Cc3ccccc3)C(=O)[C@H]1[C@H]1C(=O)N([C@@H](CO)CC(C)C)C3C(=O)N(C(C)(C)CC(C)(C)C)CC=C[C@@]31O2. The Bertz CT molecular complexity index is 1350. The number of fused-ring (bicyclic) bond motifs is 2. The molecule has 1 spiro atoms. The molecule has 0 aliphatic carbocycles. The fraction of sp³-hybridized carbons (Fsp3) is 0.649. The van der Waals surface area contributed by atoms with Gasteiger partial charge in [0.2, 0.25) is 17.7 Å². The number of carbonyl (C=O) groups is 3. The molecular weight excluding hydrogens is 566 g/mol. The van der Waals surface area contributed by atoms with Gasteiger partial charge in [0.05, 0.1) is 30.1 Å². The predicted octanol–water partition coefficient (Wildman–Crippen LogP) is 4.97. The topological polar surface area (TPSA) is 90.4 Å². The van der Waals surface area contributed by atoms with E-state index < -0.39 is 40.7 Å². The Hall–Kier alpha value is -2.97. The van der Waals surface area contributed by atoms with Crippen LogP contribution in [-0.4, -0.2) is 86.0 Å². The first-order chi connectivity index (χ1) is 21.1. The fourth-order valence-corrected chi connectivity index (χ4v) is 8.85. The van der Waals surface area contributed by atoms with Gasteiger partial charge in [0.15, 0.2) is 0 Å². The number of amides is 3. The van der Waals surface area contributed by atoms with Crippen molar-refractivity contribution in [1.29, 1.82) is 0 Å². The quantitative estimate of drug-likeness (QED) is 0.395. The number of nitrogens with zero attached hydrogens (tertiary/aromatic N) is 3. The fourth-order valence-electron chi connectivity index (χ4n) is 8.85. The second-order valence-corrected chi connectivity index (χ2v) is 15.8. The summed E-state index contributed by atoms with van der Waals surface area (Å²) in [6.45, 7) is 17.7. The van der Waals surface area contributed by atoms with E-state index in [1.165, 1.54) is 0 Å². The van der Waals surface area contributed by atoms with Crippen LogP contribution in [0.15, 0.2) is 54.6 Å². The molecule has 6 atom stereocenters. The number of likely N-dealkylation sites (tertiary alicyclic amines) is 1. The third-order valence-electron chi connectivity index (χ3n) is 10.2. The van der Waals surface area contributed by atoms with Crippen molar-refractivity contribution in [2.45, 2.75) is 110 Å². The molecule has 1 aromatic carbocycles. The van der Waals surface area contributed by atoms with Crippen LogP contribution in [0.4, 0.5) is 0 Å². The van der Waals surface area contributed by atoms with Gasteiger partial charge in [-0.05, 0) is 50.0 Å². The number of aliphatic hydroxyl groups excluding tert-OH is 1. The molecule has 45 heavy (non-hydrogen) atoms. The smallest absolute Gasteiger partial charge is 0.249 e. The molecule has 1 unspecified atom stereocenters. The first kappa shape index (κ1) is 33.4. The van der Waals surface area contributed by atoms with Crippen molar-refractivity contribution >= 4 is 17.7 Å². The number of hydrogen-bond acceptors (Lipinski definition) is 5. The van der Waals surface area contributed by atoms with Crippen LogP contribution in [0, 0.1) is 23.2 Å². The summed E-state index contributed by atoms with van der Waals surface area (Å²) in [6.07, 6.45) is 9.61. The Labute approximate surface area is 269 Å². The molecule has 2 saturated heterocycles. The molecule has 0 aromatic heterocycles. The highest BCUT2D eigenvalue weighted by Gasteiger charge is 2.76. The van der Waals surface area contributed by atoms with Crippen molar-refractivity contribution in [1.82, 2.24) is 14.7 Å². The molecule has 3 amide bonds. The molecule has 4 heterocycles. The van der Waals surface area contributed by atoms with Gasteiger partial charge < -0.3 is 24.5 Å². The zero-order valence-electron chi connectivity index (χ0n) is 28.5. The monoisotopic (exact) mass is 619 g/mol. The molecule has 0 saturated carbocycles. The minimum atomic E-state index is -1.35. The van der Waals surface area contributed by atoms with Crippen molar-refractivity contribution in [3.8, 4) is 0 Å². The van der Waals surface area contributed by atoms with Gasteiger partial charge in [0, 0.05) is 25.2 Å². The lowest BCUT2D eigenvalue weighted by atomic mass is 9.72. The number of rotatable bonds is 9. The summed E-state index contributed by atoms with van der Waals surface area (Å²) in [7, 11) is 0. The van der Waals surface area contributed by atoms with Gasteiger partial charge >= 0.3 is 0 Å². The van der Waals surface area contributed by atoms with Crippen molar-refractivity contribution in [3.05, 3.63) is 60.2 Å². The van der Waals surface area contributed by atoms with E-state index in [2.05, 4.69) is 34.6 Å². The summed E-state index contributed by atoms with van der Waals surface area (Å²) >= 11 is 0. The third-order valence-corrected chi connectivity index (χ3v) is 10.2. The highest BCUT2D eigenvalue weighted by atomic mass is 16.5. The molecule has 4 aliphatic rings. The van der Waals surface area contributed by atoms with Crippen molar-refractivity contribution in [2.75, 3.05) is 19.7 Å². The molecule has 0 radical (unpaired) electrons. The lowest BCUT2D eigenvalue weighted by molar-refractivity contribution is -0.160. The first-order valence-electron chi connectivity index (χ1n) is 16.7. The van der Waals surface area contributed by atoms with Crippen LogP contribution in [0.2, 0.25) is 0 Å². The van der Waals surface area contributed by atoms with Crippen LogP contribution in [0.3, 0.4) is 0 Å². The Kier molecular flexibility index (Phi) is 8.90. The lowest BCUT2D eigenvalue weighted by Crippen LogP contribution is -2.62. The van der Waals surface area contributed by atoms with E-state index in [-0.39, 0.29) is 35.7 Å². The average molecular weight is 620 g/mol. The number of aliphatic hydroxyl groups is 1. The van der Waals surface area contributed by atoms with Crippen molar-refractivity contribution in [2.24, 2.45) is 23.2 Å². The minimum Gasteiger partial charge on any atom is -0.394 e. The molecule has 246 valence electrons. The summed E-state index contributed by atoms with van der Waals surface area (Å²) in [5.41, 5.74) is -1.94. The summed E-state index contributed by atoms with van der Waals surface area (Å²) in [5, 5.41) is 10.7. The average Bonchev–Trinajstić information content (AvgIpc) is 3.25. The van der Waals surface area contributed by atoms with Crippen LogP contribution >= 0.6 is 0 Å². The third kappa shape index (κ3) is 5.78. The van der Waals surface area contributed by atoms with E-state index in [0.717, 1.165) is 12.0 Å². The van der Waals surface area contributed by atoms with Gasteiger partial charge in [-0.3, -0.25) is 14.4 Å². The standard InChI is InChI=1S/C37H53N3O5/c1-9-36-17-13-19-38(22-26-15-11-10-12-16-26)31(42)28(36)29-32(43)40(27(23-41)21-25(2)3)30-33(44)39(20-14-18-37(29,30)45-36)35(7,8)24-34(4,5)6/h10-18,25,27-30,41H,9,19-24H2,1-8H3/t27-,28-,29+,30?,36+,37+/m1/s1. The van der Waals surface area contributed by atoms with Gasteiger partial charge in [-0.2, -0.15) is 0 Å². The second-order valence-electron chi connectivity index (χ2n) is 15.8. The molecule has 8 heteroatoms. The number of carbonyl (C=O) groups excluding carboxylic acids is 3. The van der Waals surface area contributed by atoms with Crippen LogP contribution < -0.4 is 0 Å². The number of hydrogen-bond donors (Lipinski definition) is 1. The zero-order valence-corrected chi connectivity index (χ0v) is 28.5. The normalized spacial score (nSPS) is 30.8. The largest absolute Gasteiger partial charge is 0.394 e. The Morgan fingerprint density at radius 3 is 2.20 bits per heavy atom. The molecular formula is C37H53N3O5. The van der Waals surface area contributed by atoms with E-state index in [9.17, 15) is 14.7 Å². The first-order valence-corrected chi connectivity index (χ1v) is 16.7. The Morgan fingerprint density at radius 2 is 1.60 bits per heavy atom. The summed E-state index contributed by atoms with van der Waals surface area (Å²) in [5.74, 6) is -2.14. The highest BCUT2D eigenvalue weighted by Crippen LogP contribution is 2.59. The minimum absolute atomic E-state index is 0.0424. The highest BCUT2D eigenvalue weighted by molar-refractivity contribution is 6.00. The van der Waals surface area contributed by atoms with Gasteiger partial charge in [-0.1, -0.05) is 96.2 Å². The van der Waals surface area contributed by atoms with E-state index >= 15 is 4.79 Å². The van der Waals surface area contributed by atoms with Gasteiger partial charge in [-0.25, -0.2) is 0 Å². The summed E-state index contributed by atoms with van der Waals surface area (Å²) < 4.78 is 7.17. The van der Waals surface area contributed by atoms with Gasteiger partial charge in [-0.15, -0.1) is 0 Å². The van der Waals surface area contributed by atoms with Crippen molar-refractivity contribution in [3.63, 3.8) is 0 Å². The van der Waals surface area contributed by atoms with E-state index in [1.807, 2.05) is 80.3 Å². The van der Waals surface area contributed by atoms with E-state index in [4.69, 9.17) is 4.74 Å². The molecule has 1 aromatic rings. The summed E-state index contributed by atoms with van der Waals surface area (Å²) in [6, 6.07) is 8.29. The maximum atomic E-state index is 15.0. The molecule has 5 rings (SSSR count). The molecule has 8 nitrogen and oxygen atoms in total. The second kappa shape index (κ2) is 12.0. The maximum Gasteiger partial charge on any atom is 0.249 e. The van der Waals surface area contributed by atoms with E-state index in [0.29, 0.717) is 32.5 Å². The van der Waals surface area contributed by atoms with Gasteiger partial charge in [0.1, 0.15) is 11.6 Å². The lowest BCUT2D eigenvalue weighted by Gasteiger charge is -2.46. The molecule has 4 aliphatic heterocycles. The summed E-state index contributed by atoms with van der Waals surface area (Å²) in [4.78, 5) is 50.0. The predicted molar refractivity (Wildman–Crippen MR) is 175 cm³/mol. The van der Waals surface area contributed by atoms with Gasteiger partial charge in [0.25, 0.3) is 0 Å². The van der Waals surface area contributed by atoms with Crippen LogP contribution in [0.5, 0.6) is 0 Å². The van der Waals surface area contributed by atoms with Crippen LogP contribution in [0.25, 0.3) is 0 Å². The Morgan fingerprint density at radius 1 is 0.933 bits per heavy atom. The zero-order chi connectivity index (χ0) is 32.9. The number of benzene rings is 1. The van der Waals surface area contributed by atoms with Crippen LogP contribution in [0.1, 0.15) is 80.2 Å². The Balaban J connectivity index is 1.65. The molecule has 2 fully saturated rings. The number of ether oxygens (including phenoxy) is 1. The van der Waals surface area contributed by atoms with Crippen molar-refractivity contribution < 1.29 is 24.2 Å². The van der Waals surface area contributed by atoms with Crippen LogP contribution in [-0.2, 0) is 25.7 Å². The molecule has 1 N–H and O–H groups in total.